The lowest BCUT2D eigenvalue weighted by molar-refractivity contribution is -0.121. The van der Waals surface area contributed by atoms with E-state index in [1.807, 2.05) is 16.7 Å². The highest BCUT2D eigenvalue weighted by Gasteiger charge is 2.17. The number of nitrogens with zero attached hydrogens (tertiary/aromatic N) is 3. The zero-order valence-corrected chi connectivity index (χ0v) is 12.0. The van der Waals surface area contributed by atoms with E-state index in [0.717, 1.165) is 12.4 Å². The lowest BCUT2D eigenvalue weighted by Gasteiger charge is -2.12. The van der Waals surface area contributed by atoms with Crippen LogP contribution in [-0.4, -0.2) is 39.8 Å². The predicted octanol–water partition coefficient (Wildman–Crippen LogP) is 0.467. The van der Waals surface area contributed by atoms with Crippen molar-refractivity contribution in [3.8, 4) is 0 Å². The molecule has 7 heteroatoms. The summed E-state index contributed by atoms with van der Waals surface area (Å²) in [4.78, 5) is 11.7. The maximum absolute atomic E-state index is 11.7. The summed E-state index contributed by atoms with van der Waals surface area (Å²) in [6.45, 7) is 5.51. The maximum atomic E-state index is 11.7. The predicted molar refractivity (Wildman–Crippen MR) is 75.3 cm³/mol. The summed E-state index contributed by atoms with van der Waals surface area (Å²) in [5.41, 5.74) is 0. The third-order valence-corrected chi connectivity index (χ3v) is 2.92. The first-order chi connectivity index (χ1) is 8.68. The normalized spacial score (nSPS) is 17.5. The Balaban J connectivity index is 0.00000180. The summed E-state index contributed by atoms with van der Waals surface area (Å²) in [6, 6.07) is 0.151. The van der Waals surface area contributed by atoms with E-state index in [0.29, 0.717) is 19.0 Å². The average molecular weight is 286 g/mol. The molecule has 106 valence electrons. The van der Waals surface area contributed by atoms with Gasteiger partial charge in [-0.1, -0.05) is 12.2 Å². The molecule has 1 aromatic heterocycles. The molecule has 1 atom stereocenters. The Bertz CT molecular complexity index is 443. The maximum Gasteiger partial charge on any atom is 0.241 e. The molecular formula is C12H20ClN5O. The van der Waals surface area contributed by atoms with Gasteiger partial charge in [0.05, 0.1) is 0 Å². The molecule has 1 aliphatic rings. The molecule has 2 N–H and O–H groups in total. The topological polar surface area (TPSA) is 71.8 Å². The molecule has 2 rings (SSSR count). The molecule has 0 saturated heterocycles. The smallest absolute Gasteiger partial charge is 0.241 e. The first-order valence-electron chi connectivity index (χ1n) is 6.24. The fourth-order valence-electron chi connectivity index (χ4n) is 1.93. The molecule has 1 aromatic rings. The van der Waals surface area contributed by atoms with Gasteiger partial charge in [0.1, 0.15) is 18.2 Å². The summed E-state index contributed by atoms with van der Waals surface area (Å²) in [7, 11) is 0. The van der Waals surface area contributed by atoms with Crippen LogP contribution in [0.5, 0.6) is 0 Å². The Morgan fingerprint density at radius 2 is 2.42 bits per heavy atom. The molecule has 1 amide bonds. The molecule has 1 unspecified atom stereocenters. The van der Waals surface area contributed by atoms with Crippen LogP contribution >= 0.6 is 12.4 Å². The van der Waals surface area contributed by atoms with Crippen molar-refractivity contribution in [1.82, 2.24) is 25.4 Å². The van der Waals surface area contributed by atoms with Crippen molar-refractivity contribution in [3.05, 3.63) is 24.3 Å². The Morgan fingerprint density at radius 1 is 1.63 bits per heavy atom. The van der Waals surface area contributed by atoms with E-state index in [-0.39, 0.29) is 24.4 Å². The fraction of sp³-hybridized carbons (Fsp3) is 0.583. The van der Waals surface area contributed by atoms with Gasteiger partial charge in [-0.3, -0.25) is 10.1 Å². The zero-order valence-electron chi connectivity index (χ0n) is 11.2. The van der Waals surface area contributed by atoms with Gasteiger partial charge in [-0.15, -0.1) is 22.6 Å². The monoisotopic (exact) mass is 285 g/mol. The minimum atomic E-state index is -0.187. The molecule has 2 heterocycles. The largest absolute Gasteiger partial charge is 0.354 e. The summed E-state index contributed by atoms with van der Waals surface area (Å²) < 4.78 is 2.01. The quantitative estimate of drug-likeness (QED) is 0.772. The molecule has 1 aliphatic heterocycles. The fourth-order valence-corrected chi connectivity index (χ4v) is 1.93. The second-order valence-corrected chi connectivity index (χ2v) is 4.60. The van der Waals surface area contributed by atoms with Crippen LogP contribution in [0.3, 0.4) is 0 Å². The highest BCUT2D eigenvalue weighted by molar-refractivity contribution is 5.85. The Kier molecular flexibility index (Phi) is 5.98. The molecule has 0 aromatic carbocycles. The first-order valence-corrected chi connectivity index (χ1v) is 6.24. The molecule has 0 bridgehead atoms. The van der Waals surface area contributed by atoms with E-state index in [1.165, 1.54) is 0 Å². The first kappa shape index (κ1) is 15.7. The SMILES string of the molecule is CC(C)n1cnnc1CCNC(=O)C1C=CCN1.Cl. The van der Waals surface area contributed by atoms with E-state index >= 15 is 0 Å². The van der Waals surface area contributed by atoms with Crippen molar-refractivity contribution in [1.29, 1.82) is 0 Å². The van der Waals surface area contributed by atoms with Gasteiger partial charge in [0.2, 0.25) is 5.91 Å². The Morgan fingerprint density at radius 3 is 3.05 bits per heavy atom. The summed E-state index contributed by atoms with van der Waals surface area (Å²) in [5.74, 6) is 0.916. The minimum Gasteiger partial charge on any atom is -0.354 e. The number of amides is 1. The van der Waals surface area contributed by atoms with Crippen molar-refractivity contribution < 1.29 is 4.79 Å². The lowest BCUT2D eigenvalue weighted by Crippen LogP contribution is -2.41. The van der Waals surface area contributed by atoms with Gasteiger partial charge in [-0.05, 0) is 13.8 Å². The van der Waals surface area contributed by atoms with Gasteiger partial charge < -0.3 is 9.88 Å². The molecule has 0 saturated carbocycles. The van der Waals surface area contributed by atoms with E-state index < -0.39 is 0 Å². The van der Waals surface area contributed by atoms with Crippen LogP contribution in [0.25, 0.3) is 0 Å². The van der Waals surface area contributed by atoms with Gasteiger partial charge in [0.25, 0.3) is 0 Å². The summed E-state index contributed by atoms with van der Waals surface area (Å²) in [6.07, 6.45) is 6.26. The van der Waals surface area contributed by atoms with Crippen LogP contribution in [0.4, 0.5) is 0 Å². The number of hydrogen-bond acceptors (Lipinski definition) is 4. The number of aromatic nitrogens is 3. The standard InChI is InChI=1S/C12H19N5O.ClH/c1-9(2)17-8-15-16-11(17)5-7-14-12(18)10-4-3-6-13-10;/h3-4,8-10,13H,5-7H2,1-2H3,(H,14,18);1H. The van der Waals surface area contributed by atoms with Gasteiger partial charge >= 0.3 is 0 Å². The highest BCUT2D eigenvalue weighted by Crippen LogP contribution is 2.06. The van der Waals surface area contributed by atoms with Crippen molar-refractivity contribution in [2.45, 2.75) is 32.4 Å². The van der Waals surface area contributed by atoms with Crippen LogP contribution in [0.1, 0.15) is 25.7 Å². The van der Waals surface area contributed by atoms with Gasteiger partial charge in [-0.2, -0.15) is 0 Å². The van der Waals surface area contributed by atoms with Gasteiger partial charge in [0.15, 0.2) is 0 Å². The van der Waals surface area contributed by atoms with Crippen molar-refractivity contribution >= 4 is 18.3 Å². The van der Waals surface area contributed by atoms with E-state index in [2.05, 4.69) is 34.7 Å². The van der Waals surface area contributed by atoms with E-state index in [1.54, 1.807) is 6.33 Å². The number of carbonyl (C=O) groups is 1. The Hall–Kier alpha value is -1.40. The molecule has 0 aliphatic carbocycles. The molecular weight excluding hydrogens is 266 g/mol. The lowest BCUT2D eigenvalue weighted by atomic mass is 10.3. The Labute approximate surface area is 119 Å². The summed E-state index contributed by atoms with van der Waals surface area (Å²) in [5, 5.41) is 13.9. The number of hydrogen-bond donors (Lipinski definition) is 2. The van der Waals surface area contributed by atoms with Crippen molar-refractivity contribution in [2.24, 2.45) is 0 Å². The molecule has 19 heavy (non-hydrogen) atoms. The van der Waals surface area contributed by atoms with Crippen LogP contribution in [0, 0.1) is 0 Å². The van der Waals surface area contributed by atoms with Crippen molar-refractivity contribution in [3.63, 3.8) is 0 Å². The van der Waals surface area contributed by atoms with Crippen molar-refractivity contribution in [2.75, 3.05) is 13.1 Å². The molecule has 0 radical (unpaired) electrons. The number of halogens is 1. The minimum absolute atomic E-state index is 0. The zero-order chi connectivity index (χ0) is 13.0. The average Bonchev–Trinajstić information content (AvgIpc) is 2.99. The van der Waals surface area contributed by atoms with Crippen LogP contribution in [0.2, 0.25) is 0 Å². The summed E-state index contributed by atoms with van der Waals surface area (Å²) >= 11 is 0. The van der Waals surface area contributed by atoms with E-state index in [9.17, 15) is 4.79 Å². The third-order valence-electron chi connectivity index (χ3n) is 2.92. The van der Waals surface area contributed by atoms with Gasteiger partial charge in [0, 0.05) is 25.6 Å². The second-order valence-electron chi connectivity index (χ2n) is 4.60. The number of carbonyl (C=O) groups excluding carboxylic acids is 1. The van der Waals surface area contributed by atoms with Crippen LogP contribution in [-0.2, 0) is 11.2 Å². The molecule has 6 nitrogen and oxygen atoms in total. The molecule has 0 spiro atoms. The number of rotatable bonds is 5. The highest BCUT2D eigenvalue weighted by atomic mass is 35.5. The van der Waals surface area contributed by atoms with Gasteiger partial charge in [-0.25, -0.2) is 0 Å². The molecule has 0 fully saturated rings. The third kappa shape index (κ3) is 4.04. The second kappa shape index (κ2) is 7.25. The number of nitrogens with one attached hydrogen (secondary N) is 2. The van der Waals surface area contributed by atoms with E-state index in [4.69, 9.17) is 0 Å². The van der Waals surface area contributed by atoms with Crippen LogP contribution < -0.4 is 10.6 Å². The van der Waals surface area contributed by atoms with Crippen LogP contribution in [0.15, 0.2) is 18.5 Å².